The van der Waals surface area contributed by atoms with Crippen molar-refractivity contribution in [1.29, 1.82) is 0 Å². The zero-order valence-electron chi connectivity index (χ0n) is 9.80. The molecule has 1 unspecified atom stereocenters. The van der Waals surface area contributed by atoms with Crippen LogP contribution in [0.2, 0.25) is 0 Å². The lowest BCUT2D eigenvalue weighted by Gasteiger charge is -2.12. The number of pyridine rings is 1. The summed E-state index contributed by atoms with van der Waals surface area (Å²) < 4.78 is 31.8. The zero-order chi connectivity index (χ0) is 13.0. The van der Waals surface area contributed by atoms with Crippen molar-refractivity contribution in [3.63, 3.8) is 0 Å². The molecule has 1 saturated heterocycles. The maximum absolute atomic E-state index is 12.1. The summed E-state index contributed by atoms with van der Waals surface area (Å²) >= 11 is 0. The lowest BCUT2D eigenvalue weighted by molar-refractivity contribution is 0.186. The molecule has 0 spiro atoms. The Bertz CT molecular complexity index is 500. The molecule has 1 aliphatic rings. The summed E-state index contributed by atoms with van der Waals surface area (Å²) in [4.78, 5) is 3.84. The van der Waals surface area contributed by atoms with E-state index < -0.39 is 10.0 Å². The quantitative estimate of drug-likeness (QED) is 0.501. The van der Waals surface area contributed by atoms with Crippen LogP contribution in [0.15, 0.2) is 23.4 Å². The molecule has 100 valence electrons. The molecule has 1 fully saturated rings. The lowest BCUT2D eigenvalue weighted by atomic mass is 10.1. The lowest BCUT2D eigenvalue weighted by Crippen LogP contribution is -2.31. The minimum absolute atomic E-state index is 0.0913. The summed E-state index contributed by atoms with van der Waals surface area (Å²) in [5.74, 6) is 5.48. The summed E-state index contributed by atoms with van der Waals surface area (Å²) in [6, 6.07) is 3.17. The third-order valence-corrected chi connectivity index (χ3v) is 4.15. The van der Waals surface area contributed by atoms with Crippen molar-refractivity contribution < 1.29 is 13.2 Å². The van der Waals surface area contributed by atoms with Gasteiger partial charge in [0.05, 0.1) is 12.3 Å². The van der Waals surface area contributed by atoms with E-state index in [0.717, 1.165) is 6.42 Å². The van der Waals surface area contributed by atoms with Crippen molar-refractivity contribution in [3.8, 4) is 0 Å². The van der Waals surface area contributed by atoms with Gasteiger partial charge in [-0.3, -0.25) is 5.84 Å². The maximum Gasteiger partial charge on any atom is 0.260 e. The number of nitrogens with two attached hydrogens (primary N) is 1. The molecule has 1 aromatic heterocycles. The fraction of sp³-hybridized carbons (Fsp3) is 0.500. The van der Waals surface area contributed by atoms with E-state index in [4.69, 9.17) is 10.6 Å². The van der Waals surface area contributed by atoms with Gasteiger partial charge in [0.2, 0.25) is 0 Å². The molecule has 1 aromatic rings. The fourth-order valence-corrected chi connectivity index (χ4v) is 2.96. The molecular formula is C10H16N4O3S. The summed E-state index contributed by atoms with van der Waals surface area (Å²) in [5, 5.41) is -0.0913. The SMILES string of the molecule is NNc1cccnc1S(=O)(=O)NCC1CCOC1. The van der Waals surface area contributed by atoms with Gasteiger partial charge in [-0.25, -0.2) is 18.1 Å². The zero-order valence-corrected chi connectivity index (χ0v) is 10.6. The largest absolute Gasteiger partial charge is 0.381 e. The Balaban J connectivity index is 2.09. The molecule has 0 radical (unpaired) electrons. The molecule has 0 amide bonds. The topological polar surface area (TPSA) is 106 Å². The van der Waals surface area contributed by atoms with E-state index in [9.17, 15) is 8.42 Å². The van der Waals surface area contributed by atoms with E-state index in [1.165, 1.54) is 6.20 Å². The highest BCUT2D eigenvalue weighted by molar-refractivity contribution is 7.89. The predicted octanol–water partition coefficient (Wildman–Crippen LogP) is -0.318. The predicted molar refractivity (Wildman–Crippen MR) is 66.2 cm³/mol. The number of nitrogen functional groups attached to an aromatic ring is 1. The van der Waals surface area contributed by atoms with Crippen LogP contribution in [-0.4, -0.2) is 33.2 Å². The van der Waals surface area contributed by atoms with Gasteiger partial charge in [0.25, 0.3) is 10.0 Å². The standard InChI is InChI=1S/C10H16N4O3S/c11-14-9-2-1-4-12-10(9)18(15,16)13-6-8-3-5-17-7-8/h1-2,4,8,13-14H,3,5-7,11H2. The molecule has 18 heavy (non-hydrogen) atoms. The van der Waals surface area contributed by atoms with Crippen LogP contribution in [0.3, 0.4) is 0 Å². The highest BCUT2D eigenvalue weighted by atomic mass is 32.2. The Morgan fingerprint density at radius 1 is 1.56 bits per heavy atom. The summed E-state index contributed by atoms with van der Waals surface area (Å²) in [5.41, 5.74) is 2.59. The normalized spacial score (nSPS) is 19.9. The smallest absolute Gasteiger partial charge is 0.260 e. The summed E-state index contributed by atoms with van der Waals surface area (Å²) in [6.07, 6.45) is 2.28. The van der Waals surface area contributed by atoms with Gasteiger partial charge in [-0.2, -0.15) is 0 Å². The first-order valence-electron chi connectivity index (χ1n) is 5.62. The first kappa shape index (κ1) is 13.2. The van der Waals surface area contributed by atoms with E-state index in [-0.39, 0.29) is 16.6 Å². The van der Waals surface area contributed by atoms with Crippen molar-refractivity contribution in [1.82, 2.24) is 9.71 Å². The highest BCUT2D eigenvalue weighted by Gasteiger charge is 2.23. The van der Waals surface area contributed by atoms with Crippen LogP contribution >= 0.6 is 0 Å². The van der Waals surface area contributed by atoms with E-state index >= 15 is 0 Å². The van der Waals surface area contributed by atoms with Crippen molar-refractivity contribution >= 4 is 15.7 Å². The van der Waals surface area contributed by atoms with E-state index in [0.29, 0.717) is 19.8 Å². The molecule has 1 aliphatic heterocycles. The second kappa shape index (κ2) is 5.61. The Morgan fingerprint density at radius 2 is 2.39 bits per heavy atom. The number of aromatic nitrogens is 1. The van der Waals surface area contributed by atoms with Gasteiger partial charge in [0.1, 0.15) is 0 Å². The van der Waals surface area contributed by atoms with Gasteiger partial charge < -0.3 is 10.2 Å². The van der Waals surface area contributed by atoms with E-state index in [1.54, 1.807) is 12.1 Å². The third-order valence-electron chi connectivity index (χ3n) is 2.77. The van der Waals surface area contributed by atoms with Crippen molar-refractivity contribution in [2.75, 3.05) is 25.2 Å². The Hall–Kier alpha value is -1.22. The summed E-state index contributed by atoms with van der Waals surface area (Å²) in [7, 11) is -3.65. The van der Waals surface area contributed by atoms with Gasteiger partial charge in [0.15, 0.2) is 5.03 Å². The van der Waals surface area contributed by atoms with Crippen molar-refractivity contribution in [2.45, 2.75) is 11.4 Å². The molecule has 2 heterocycles. The maximum atomic E-state index is 12.1. The van der Waals surface area contributed by atoms with E-state index in [2.05, 4.69) is 15.1 Å². The first-order chi connectivity index (χ1) is 8.63. The minimum Gasteiger partial charge on any atom is -0.381 e. The number of hydrogen-bond donors (Lipinski definition) is 3. The average Bonchev–Trinajstić information content (AvgIpc) is 2.89. The molecule has 4 N–H and O–H groups in total. The number of nitrogens with zero attached hydrogens (tertiary/aromatic N) is 1. The van der Waals surface area contributed by atoms with Gasteiger partial charge in [-0.15, -0.1) is 0 Å². The van der Waals surface area contributed by atoms with Crippen LogP contribution in [0.1, 0.15) is 6.42 Å². The van der Waals surface area contributed by atoms with E-state index in [1.807, 2.05) is 0 Å². The second-order valence-corrected chi connectivity index (χ2v) is 5.76. The molecule has 7 nitrogen and oxygen atoms in total. The Kier molecular flexibility index (Phi) is 4.12. The Labute approximate surface area is 106 Å². The first-order valence-corrected chi connectivity index (χ1v) is 7.11. The van der Waals surface area contributed by atoms with Crippen LogP contribution in [0, 0.1) is 5.92 Å². The average molecular weight is 272 g/mol. The molecule has 0 aromatic carbocycles. The van der Waals surface area contributed by atoms with Crippen LogP contribution in [0.25, 0.3) is 0 Å². The number of hydrazine groups is 1. The fourth-order valence-electron chi connectivity index (χ4n) is 1.76. The molecule has 0 saturated carbocycles. The number of nitrogens with one attached hydrogen (secondary N) is 2. The minimum atomic E-state index is -3.65. The number of ether oxygens (including phenoxy) is 1. The Morgan fingerprint density at radius 3 is 3.06 bits per heavy atom. The van der Waals surface area contributed by atoms with Gasteiger partial charge >= 0.3 is 0 Å². The second-order valence-electron chi connectivity index (χ2n) is 4.08. The van der Waals surface area contributed by atoms with Gasteiger partial charge in [0, 0.05) is 19.3 Å². The molecule has 8 heteroatoms. The highest BCUT2D eigenvalue weighted by Crippen LogP contribution is 2.17. The van der Waals surface area contributed by atoms with Crippen molar-refractivity contribution in [2.24, 2.45) is 11.8 Å². The molecular weight excluding hydrogens is 256 g/mol. The molecule has 0 bridgehead atoms. The third kappa shape index (κ3) is 2.96. The number of anilines is 1. The van der Waals surface area contributed by atoms with Gasteiger partial charge in [-0.1, -0.05) is 0 Å². The van der Waals surface area contributed by atoms with Crippen LogP contribution in [0.5, 0.6) is 0 Å². The molecule has 2 rings (SSSR count). The number of rotatable bonds is 5. The summed E-state index contributed by atoms with van der Waals surface area (Å²) in [6.45, 7) is 1.63. The van der Waals surface area contributed by atoms with Crippen LogP contribution in [-0.2, 0) is 14.8 Å². The number of hydrogen-bond acceptors (Lipinski definition) is 6. The van der Waals surface area contributed by atoms with Gasteiger partial charge in [-0.05, 0) is 24.5 Å². The van der Waals surface area contributed by atoms with Crippen LogP contribution in [0.4, 0.5) is 5.69 Å². The van der Waals surface area contributed by atoms with Crippen molar-refractivity contribution in [3.05, 3.63) is 18.3 Å². The number of sulfonamides is 1. The molecule has 0 aliphatic carbocycles. The van der Waals surface area contributed by atoms with Crippen LogP contribution < -0.4 is 16.0 Å². The molecule has 1 atom stereocenters. The monoisotopic (exact) mass is 272 g/mol.